The van der Waals surface area contributed by atoms with Crippen LogP contribution in [0.25, 0.3) is 0 Å². The van der Waals surface area contributed by atoms with E-state index in [2.05, 4.69) is 26.0 Å². The Labute approximate surface area is 68.6 Å². The Morgan fingerprint density at radius 1 is 1.56 bits per heavy atom. The van der Waals surface area contributed by atoms with Crippen LogP contribution in [-0.4, -0.2) is 27.4 Å². The average molecular weight is 239 g/mol. The van der Waals surface area contributed by atoms with Crippen LogP contribution >= 0.6 is 22.9 Å². The average Bonchev–Trinajstić information content (AvgIpc) is 2.04. The lowest BCUT2D eigenvalue weighted by Gasteiger charge is -2.41. The standard InChI is InChI=1S/C5H10IN3/c6-8-3-4-1-2-9(7)5(4)8/h4-5H,1-3,7H2. The molecule has 0 amide bonds. The quantitative estimate of drug-likeness (QED) is 0.371. The van der Waals surface area contributed by atoms with E-state index in [1.807, 2.05) is 5.01 Å². The molecule has 9 heavy (non-hydrogen) atoms. The molecule has 4 heteroatoms. The van der Waals surface area contributed by atoms with Crippen LogP contribution in [-0.2, 0) is 0 Å². The predicted molar refractivity (Wildman–Crippen MR) is 43.5 cm³/mol. The summed E-state index contributed by atoms with van der Waals surface area (Å²) in [6.07, 6.45) is 1.85. The van der Waals surface area contributed by atoms with E-state index in [1.165, 1.54) is 13.0 Å². The van der Waals surface area contributed by atoms with E-state index in [-0.39, 0.29) is 0 Å². The fraction of sp³-hybridized carbons (Fsp3) is 1.00. The maximum atomic E-state index is 5.70. The third kappa shape index (κ3) is 0.806. The first-order chi connectivity index (χ1) is 4.29. The van der Waals surface area contributed by atoms with Crippen molar-refractivity contribution in [1.82, 2.24) is 8.12 Å². The first-order valence-electron chi connectivity index (χ1n) is 3.23. The predicted octanol–water partition coefficient (Wildman–Crippen LogP) is 0.174. The summed E-state index contributed by atoms with van der Waals surface area (Å²) >= 11 is 2.34. The van der Waals surface area contributed by atoms with E-state index in [1.54, 1.807) is 0 Å². The molecule has 0 bridgehead atoms. The Kier molecular flexibility index (Phi) is 1.44. The van der Waals surface area contributed by atoms with Gasteiger partial charge in [0.25, 0.3) is 0 Å². The van der Waals surface area contributed by atoms with Gasteiger partial charge in [-0.25, -0.2) is 8.12 Å². The lowest BCUT2D eigenvalue weighted by Crippen LogP contribution is -2.56. The maximum absolute atomic E-state index is 5.70. The minimum atomic E-state index is 0.561. The van der Waals surface area contributed by atoms with Gasteiger partial charge >= 0.3 is 0 Å². The Balaban J connectivity index is 2.06. The van der Waals surface area contributed by atoms with Crippen molar-refractivity contribution in [3.8, 4) is 0 Å². The van der Waals surface area contributed by atoms with E-state index < -0.39 is 0 Å². The van der Waals surface area contributed by atoms with Crippen LogP contribution in [0.4, 0.5) is 0 Å². The Morgan fingerprint density at radius 2 is 2.33 bits per heavy atom. The number of rotatable bonds is 0. The number of fused-ring (bicyclic) bond motifs is 1. The minimum absolute atomic E-state index is 0.561. The SMILES string of the molecule is NN1CCC2CN(I)C21. The monoisotopic (exact) mass is 239 g/mol. The molecule has 2 aliphatic rings. The largest absolute Gasteiger partial charge is 0.267 e. The highest BCUT2D eigenvalue weighted by Gasteiger charge is 2.44. The maximum Gasteiger partial charge on any atom is 0.0884 e. The van der Waals surface area contributed by atoms with Crippen LogP contribution < -0.4 is 5.84 Å². The molecule has 0 radical (unpaired) electrons. The van der Waals surface area contributed by atoms with Gasteiger partial charge in [0.05, 0.1) is 6.17 Å². The summed E-state index contributed by atoms with van der Waals surface area (Å²) in [4.78, 5) is 0. The molecule has 2 rings (SSSR count). The van der Waals surface area contributed by atoms with Crippen LogP contribution in [0.15, 0.2) is 0 Å². The molecule has 2 atom stereocenters. The van der Waals surface area contributed by atoms with Crippen molar-refractivity contribution in [2.75, 3.05) is 13.1 Å². The van der Waals surface area contributed by atoms with Crippen LogP contribution in [0.3, 0.4) is 0 Å². The van der Waals surface area contributed by atoms with Crippen molar-refractivity contribution in [2.24, 2.45) is 11.8 Å². The summed E-state index contributed by atoms with van der Waals surface area (Å²) in [6.45, 7) is 2.31. The van der Waals surface area contributed by atoms with Crippen molar-refractivity contribution in [3.05, 3.63) is 0 Å². The number of nitrogens with two attached hydrogens (primary N) is 1. The Morgan fingerprint density at radius 3 is 2.78 bits per heavy atom. The van der Waals surface area contributed by atoms with Gasteiger partial charge in [0.2, 0.25) is 0 Å². The number of hydrogen-bond donors (Lipinski definition) is 1. The molecule has 0 aromatic heterocycles. The fourth-order valence-corrected chi connectivity index (χ4v) is 2.92. The summed E-state index contributed by atoms with van der Waals surface area (Å²) in [5.41, 5.74) is 0. The van der Waals surface area contributed by atoms with Gasteiger partial charge in [-0.05, 0) is 6.42 Å². The molecule has 2 N–H and O–H groups in total. The summed E-state index contributed by atoms with van der Waals surface area (Å²) < 4.78 is 2.27. The van der Waals surface area contributed by atoms with Crippen molar-refractivity contribution in [3.63, 3.8) is 0 Å². The van der Waals surface area contributed by atoms with Crippen LogP contribution in [0.1, 0.15) is 6.42 Å². The molecule has 2 fully saturated rings. The molecule has 0 aliphatic carbocycles. The van der Waals surface area contributed by atoms with E-state index in [0.29, 0.717) is 6.17 Å². The van der Waals surface area contributed by atoms with Crippen molar-refractivity contribution in [1.29, 1.82) is 0 Å². The van der Waals surface area contributed by atoms with Gasteiger partial charge in [0.15, 0.2) is 0 Å². The third-order valence-electron chi connectivity index (χ3n) is 2.22. The van der Waals surface area contributed by atoms with Crippen LogP contribution in [0, 0.1) is 5.92 Å². The highest BCUT2D eigenvalue weighted by molar-refractivity contribution is 14.1. The molecule has 0 saturated carbocycles. The number of hydrazine groups is 1. The number of hydrogen-bond acceptors (Lipinski definition) is 3. The molecule has 0 aromatic carbocycles. The Hall–Kier alpha value is 0.610. The molecule has 52 valence electrons. The van der Waals surface area contributed by atoms with Crippen LogP contribution in [0.5, 0.6) is 0 Å². The molecule has 0 spiro atoms. The first-order valence-corrected chi connectivity index (χ1v) is 4.19. The second-order valence-corrected chi connectivity index (χ2v) is 4.02. The summed E-state index contributed by atoms with van der Waals surface area (Å²) in [6, 6.07) is 0. The van der Waals surface area contributed by atoms with Gasteiger partial charge in [0, 0.05) is 41.9 Å². The zero-order chi connectivity index (χ0) is 6.43. The van der Waals surface area contributed by atoms with Gasteiger partial charge in [-0.15, -0.1) is 0 Å². The molecule has 2 aliphatic heterocycles. The number of nitrogens with zero attached hydrogens (tertiary/aromatic N) is 2. The summed E-state index contributed by atoms with van der Waals surface area (Å²) in [5.74, 6) is 6.56. The zero-order valence-corrected chi connectivity index (χ0v) is 7.28. The topological polar surface area (TPSA) is 32.5 Å². The second kappa shape index (κ2) is 2.05. The molecule has 0 aromatic rings. The molecule has 2 unspecified atom stereocenters. The van der Waals surface area contributed by atoms with Gasteiger partial charge in [0.1, 0.15) is 0 Å². The van der Waals surface area contributed by atoms with Crippen molar-refractivity contribution in [2.45, 2.75) is 12.6 Å². The smallest absolute Gasteiger partial charge is 0.0884 e. The van der Waals surface area contributed by atoms with Crippen LogP contribution in [0.2, 0.25) is 0 Å². The van der Waals surface area contributed by atoms with Gasteiger partial charge in [-0.2, -0.15) is 0 Å². The van der Waals surface area contributed by atoms with E-state index in [0.717, 1.165) is 12.5 Å². The highest BCUT2D eigenvalue weighted by atomic mass is 127. The first kappa shape index (κ1) is 6.33. The third-order valence-corrected chi connectivity index (χ3v) is 3.18. The van der Waals surface area contributed by atoms with Crippen molar-refractivity contribution >= 4 is 22.9 Å². The summed E-state index contributed by atoms with van der Waals surface area (Å²) in [7, 11) is 0. The second-order valence-electron chi connectivity index (χ2n) is 2.78. The lowest BCUT2D eigenvalue weighted by atomic mass is 9.99. The minimum Gasteiger partial charge on any atom is -0.267 e. The molecule has 2 saturated heterocycles. The normalized spacial score (nSPS) is 44.7. The fourth-order valence-electron chi connectivity index (χ4n) is 1.64. The lowest BCUT2D eigenvalue weighted by molar-refractivity contribution is 0.0507. The van der Waals surface area contributed by atoms with Crippen molar-refractivity contribution < 1.29 is 0 Å². The van der Waals surface area contributed by atoms with Gasteiger partial charge < -0.3 is 0 Å². The Bertz CT molecular complexity index is 121. The highest BCUT2D eigenvalue weighted by Crippen LogP contribution is 2.36. The van der Waals surface area contributed by atoms with E-state index >= 15 is 0 Å². The summed E-state index contributed by atoms with van der Waals surface area (Å²) in [5, 5.41) is 1.95. The zero-order valence-electron chi connectivity index (χ0n) is 5.13. The van der Waals surface area contributed by atoms with Gasteiger partial charge in [-0.1, -0.05) is 0 Å². The molecule has 2 heterocycles. The number of halogens is 1. The van der Waals surface area contributed by atoms with E-state index in [4.69, 9.17) is 5.84 Å². The molecular weight excluding hydrogens is 229 g/mol. The van der Waals surface area contributed by atoms with E-state index in [9.17, 15) is 0 Å². The van der Waals surface area contributed by atoms with Gasteiger partial charge in [-0.3, -0.25) is 5.84 Å². The molecule has 3 nitrogen and oxygen atoms in total. The molecular formula is C5H10IN3.